The normalized spacial score (nSPS) is 15.4. The molecule has 1 aliphatic rings. The molecule has 0 N–H and O–H groups in total. The fourth-order valence-electron chi connectivity index (χ4n) is 3.86. The van der Waals surface area contributed by atoms with Gasteiger partial charge in [-0.3, -0.25) is 0 Å². The minimum atomic E-state index is -4.45. The molecule has 0 aliphatic carbocycles. The van der Waals surface area contributed by atoms with Crippen molar-refractivity contribution >= 4 is 5.69 Å². The van der Waals surface area contributed by atoms with Crippen molar-refractivity contribution in [2.24, 2.45) is 0 Å². The van der Waals surface area contributed by atoms with E-state index in [2.05, 4.69) is 23.7 Å². The van der Waals surface area contributed by atoms with Crippen LogP contribution in [0.15, 0.2) is 55.0 Å². The van der Waals surface area contributed by atoms with Crippen LogP contribution < -0.4 is 9.64 Å². The van der Waals surface area contributed by atoms with Gasteiger partial charge in [-0.25, -0.2) is 4.98 Å². The predicted octanol–water partition coefficient (Wildman–Crippen LogP) is 5.20. The number of nitrogens with zero attached hydrogens (tertiary/aromatic N) is 3. The van der Waals surface area contributed by atoms with E-state index in [1.807, 2.05) is 42.5 Å². The van der Waals surface area contributed by atoms with Gasteiger partial charge < -0.3 is 14.2 Å². The molecule has 0 saturated heterocycles. The number of ether oxygens (including phenoxy) is 1. The Hall–Kier alpha value is -2.96. The van der Waals surface area contributed by atoms with Crippen LogP contribution in [0, 0.1) is 0 Å². The van der Waals surface area contributed by atoms with Gasteiger partial charge in [-0.15, -0.1) is 0 Å². The molecule has 29 heavy (non-hydrogen) atoms. The average Bonchev–Trinajstić information content (AvgIpc) is 3.26. The Morgan fingerprint density at radius 2 is 1.83 bits per heavy atom. The summed E-state index contributed by atoms with van der Waals surface area (Å²) in [6, 6.07) is 13.7. The Balaban J connectivity index is 1.67. The number of alkyl halides is 3. The van der Waals surface area contributed by atoms with Gasteiger partial charge in [0.2, 0.25) is 0 Å². The molecule has 0 amide bonds. The lowest BCUT2D eigenvalue weighted by atomic mass is 9.87. The molecule has 152 valence electrons. The second-order valence-corrected chi connectivity index (χ2v) is 7.95. The second kappa shape index (κ2) is 6.83. The van der Waals surface area contributed by atoms with Gasteiger partial charge in [0.05, 0.1) is 13.4 Å². The summed E-state index contributed by atoms with van der Waals surface area (Å²) in [5.41, 5.74) is 3.07. The van der Waals surface area contributed by atoms with Gasteiger partial charge in [0.1, 0.15) is 5.75 Å². The van der Waals surface area contributed by atoms with E-state index in [1.165, 1.54) is 16.5 Å². The zero-order valence-corrected chi connectivity index (χ0v) is 16.5. The van der Waals surface area contributed by atoms with Crippen molar-refractivity contribution in [3.05, 3.63) is 71.8 Å². The smallest absolute Gasteiger partial charge is 0.434 e. The number of hydrogen-bond donors (Lipinski definition) is 0. The Labute approximate surface area is 167 Å². The fourth-order valence-corrected chi connectivity index (χ4v) is 3.86. The highest BCUT2D eigenvalue weighted by Gasteiger charge is 2.36. The number of halogens is 3. The molecular weight excluding hydrogens is 379 g/mol. The van der Waals surface area contributed by atoms with E-state index >= 15 is 0 Å². The van der Waals surface area contributed by atoms with Gasteiger partial charge in [0.15, 0.2) is 5.69 Å². The molecule has 0 bridgehead atoms. The first-order valence-electron chi connectivity index (χ1n) is 9.31. The molecule has 0 atom stereocenters. The number of rotatable bonds is 4. The molecule has 4 nitrogen and oxygen atoms in total. The van der Waals surface area contributed by atoms with Crippen LogP contribution >= 0.6 is 0 Å². The maximum absolute atomic E-state index is 12.9. The van der Waals surface area contributed by atoms with E-state index in [0.717, 1.165) is 29.7 Å². The van der Waals surface area contributed by atoms with Crippen molar-refractivity contribution in [3.8, 4) is 11.4 Å². The molecule has 0 fully saturated rings. The molecule has 2 aromatic carbocycles. The van der Waals surface area contributed by atoms with Crippen molar-refractivity contribution in [3.63, 3.8) is 0 Å². The number of aromatic nitrogens is 2. The van der Waals surface area contributed by atoms with Crippen LogP contribution in [0.1, 0.15) is 30.7 Å². The molecule has 3 aromatic rings. The maximum Gasteiger partial charge on any atom is 0.434 e. The quantitative estimate of drug-likeness (QED) is 0.602. The van der Waals surface area contributed by atoms with Gasteiger partial charge in [0.25, 0.3) is 0 Å². The van der Waals surface area contributed by atoms with Crippen molar-refractivity contribution in [1.82, 2.24) is 9.55 Å². The number of methoxy groups -OCH3 is 1. The van der Waals surface area contributed by atoms with Crippen LogP contribution in [0.2, 0.25) is 0 Å². The Bertz CT molecular complexity index is 1020. The van der Waals surface area contributed by atoms with Crippen molar-refractivity contribution < 1.29 is 17.9 Å². The van der Waals surface area contributed by atoms with E-state index in [4.69, 9.17) is 4.74 Å². The standard InChI is InChI=1S/C22H22F3N3O/c1-21(2)13-27(11-15-4-7-17(29-3)8-5-15)19-10-16(6-9-18(19)21)28-12-20(26-14-28)22(23,24)25/h4-10,12,14H,11,13H2,1-3H3. The topological polar surface area (TPSA) is 30.3 Å². The van der Waals surface area contributed by atoms with Crippen LogP contribution in [-0.4, -0.2) is 23.2 Å². The van der Waals surface area contributed by atoms with Crippen LogP contribution in [-0.2, 0) is 18.1 Å². The molecule has 7 heteroatoms. The van der Waals surface area contributed by atoms with Gasteiger partial charge >= 0.3 is 6.18 Å². The summed E-state index contributed by atoms with van der Waals surface area (Å²) in [5, 5.41) is 0. The molecule has 2 heterocycles. The SMILES string of the molecule is COc1ccc(CN2CC(C)(C)c3ccc(-n4cnc(C(F)(F)F)c4)cc32)cc1. The van der Waals surface area contributed by atoms with E-state index in [9.17, 15) is 13.2 Å². The minimum Gasteiger partial charge on any atom is -0.497 e. The summed E-state index contributed by atoms with van der Waals surface area (Å²) >= 11 is 0. The Kier molecular flexibility index (Phi) is 4.56. The average molecular weight is 401 g/mol. The number of fused-ring (bicyclic) bond motifs is 1. The summed E-state index contributed by atoms with van der Waals surface area (Å²) in [7, 11) is 1.63. The van der Waals surface area contributed by atoms with Gasteiger partial charge in [-0.2, -0.15) is 13.2 Å². The van der Waals surface area contributed by atoms with Gasteiger partial charge in [-0.05, 0) is 35.4 Å². The van der Waals surface area contributed by atoms with Crippen LogP contribution in [0.3, 0.4) is 0 Å². The highest BCUT2D eigenvalue weighted by molar-refractivity contribution is 5.66. The van der Waals surface area contributed by atoms with E-state index in [1.54, 1.807) is 7.11 Å². The molecule has 0 unspecified atom stereocenters. The molecule has 0 saturated carbocycles. The highest BCUT2D eigenvalue weighted by atomic mass is 19.4. The lowest BCUT2D eigenvalue weighted by Crippen LogP contribution is -2.28. The molecule has 1 aliphatic heterocycles. The molecule has 0 spiro atoms. The van der Waals surface area contributed by atoms with E-state index < -0.39 is 11.9 Å². The van der Waals surface area contributed by atoms with Crippen LogP contribution in [0.25, 0.3) is 5.69 Å². The number of anilines is 1. The van der Waals surface area contributed by atoms with Crippen molar-refractivity contribution in [1.29, 1.82) is 0 Å². The summed E-state index contributed by atoms with van der Waals surface area (Å²) in [6.45, 7) is 5.90. The van der Waals surface area contributed by atoms with E-state index in [-0.39, 0.29) is 5.41 Å². The predicted molar refractivity (Wildman–Crippen MR) is 106 cm³/mol. The minimum absolute atomic E-state index is 0.0492. The molecule has 4 rings (SSSR count). The van der Waals surface area contributed by atoms with Gasteiger partial charge in [0, 0.05) is 36.1 Å². The zero-order valence-electron chi connectivity index (χ0n) is 16.5. The first kappa shape index (κ1) is 19.4. The third kappa shape index (κ3) is 3.69. The third-order valence-electron chi connectivity index (χ3n) is 5.34. The Morgan fingerprint density at radius 1 is 1.10 bits per heavy atom. The lowest BCUT2D eigenvalue weighted by Gasteiger charge is -2.22. The van der Waals surface area contributed by atoms with Crippen molar-refractivity contribution in [2.45, 2.75) is 32.0 Å². The fraction of sp³-hybridized carbons (Fsp3) is 0.318. The largest absolute Gasteiger partial charge is 0.497 e. The first-order valence-corrected chi connectivity index (χ1v) is 9.31. The van der Waals surface area contributed by atoms with E-state index in [0.29, 0.717) is 12.2 Å². The van der Waals surface area contributed by atoms with Gasteiger partial charge in [-0.1, -0.05) is 32.0 Å². The van der Waals surface area contributed by atoms with Crippen LogP contribution in [0.5, 0.6) is 5.75 Å². The van der Waals surface area contributed by atoms with Crippen LogP contribution in [0.4, 0.5) is 18.9 Å². The molecular formula is C22H22F3N3O. The number of benzene rings is 2. The highest BCUT2D eigenvalue weighted by Crippen LogP contribution is 2.42. The third-order valence-corrected chi connectivity index (χ3v) is 5.34. The molecule has 1 aromatic heterocycles. The summed E-state index contributed by atoms with van der Waals surface area (Å²) in [4.78, 5) is 5.77. The summed E-state index contributed by atoms with van der Waals surface area (Å²) in [5.74, 6) is 0.804. The van der Waals surface area contributed by atoms with Crippen molar-refractivity contribution in [2.75, 3.05) is 18.6 Å². The number of imidazole rings is 1. The second-order valence-electron chi connectivity index (χ2n) is 7.95. The first-order chi connectivity index (χ1) is 13.7. The lowest BCUT2D eigenvalue weighted by molar-refractivity contribution is -0.140. The summed E-state index contributed by atoms with van der Waals surface area (Å²) < 4.78 is 45.3. The summed E-state index contributed by atoms with van der Waals surface area (Å²) in [6.07, 6.45) is -2.22. The Morgan fingerprint density at radius 3 is 2.45 bits per heavy atom. The maximum atomic E-state index is 12.9. The number of hydrogen-bond acceptors (Lipinski definition) is 3. The zero-order chi connectivity index (χ0) is 20.8. The molecule has 0 radical (unpaired) electrons. The monoisotopic (exact) mass is 401 g/mol.